The molecule has 3 aromatic heterocycles. The molecule has 0 aromatic carbocycles. The zero-order valence-corrected chi connectivity index (χ0v) is 16.1. The van der Waals surface area contributed by atoms with Crippen molar-refractivity contribution in [3.05, 3.63) is 64.9 Å². The van der Waals surface area contributed by atoms with E-state index >= 15 is 0 Å². The van der Waals surface area contributed by atoms with E-state index in [1.54, 1.807) is 24.3 Å². The summed E-state index contributed by atoms with van der Waals surface area (Å²) in [6, 6.07) is 10.2. The fourth-order valence-electron chi connectivity index (χ4n) is 2.33. The number of hydrogen-bond donors (Lipinski definition) is 1. The molecule has 0 unspecified atom stereocenters. The van der Waals surface area contributed by atoms with Crippen LogP contribution in [0.25, 0.3) is 16.4 Å². The van der Waals surface area contributed by atoms with Gasteiger partial charge in [-0.1, -0.05) is 12.1 Å². The Bertz CT molecular complexity index is 993. The van der Waals surface area contributed by atoms with Gasteiger partial charge in [-0.3, -0.25) is 10.1 Å². The van der Waals surface area contributed by atoms with Crippen LogP contribution in [0.5, 0.6) is 0 Å². The van der Waals surface area contributed by atoms with E-state index in [0.29, 0.717) is 17.1 Å². The van der Waals surface area contributed by atoms with Gasteiger partial charge in [-0.05, 0) is 43.9 Å². The summed E-state index contributed by atoms with van der Waals surface area (Å²) in [6.07, 6.45) is 0. The quantitative estimate of drug-likeness (QED) is 0.519. The Morgan fingerprint density at radius 1 is 1.12 bits per heavy atom. The molecular formula is C17H13N6O2Pt-. The third-order valence-electron chi connectivity index (χ3n) is 3.77. The molecule has 0 aliphatic rings. The Hall–Kier alpha value is -2.91. The molecule has 0 aliphatic heterocycles. The Morgan fingerprint density at radius 2 is 1.77 bits per heavy atom. The molecular weight excluding hydrogens is 515 g/mol. The zero-order chi connectivity index (χ0) is 18.0. The molecule has 134 valence electrons. The van der Waals surface area contributed by atoms with Crippen LogP contribution >= 0.6 is 0 Å². The molecule has 0 bridgehead atoms. The molecule has 0 atom stereocenters. The number of rotatable bonds is 4. The second kappa shape index (κ2) is 7.54. The summed E-state index contributed by atoms with van der Waals surface area (Å²) < 4.78 is 0. The first kappa shape index (κ1) is 19.4. The van der Waals surface area contributed by atoms with Crippen molar-refractivity contribution in [2.75, 3.05) is 0 Å². The van der Waals surface area contributed by atoms with Crippen LogP contribution in [-0.4, -0.2) is 31.1 Å². The maximum Gasteiger partial charge on any atom is 0.354 e. The van der Waals surface area contributed by atoms with Gasteiger partial charge in [0.25, 0.3) is 0 Å². The van der Waals surface area contributed by atoms with Crippen LogP contribution in [-0.2, 0) is 26.5 Å². The Balaban J connectivity index is 0.00000243. The molecule has 0 fully saturated rings. The molecule has 0 saturated heterocycles. The van der Waals surface area contributed by atoms with Crippen molar-refractivity contribution in [1.82, 2.24) is 25.1 Å². The third kappa shape index (κ3) is 3.68. The Kier molecular flexibility index (Phi) is 5.63. The van der Waals surface area contributed by atoms with E-state index in [2.05, 4.69) is 30.0 Å². The molecule has 8 nitrogen and oxygen atoms in total. The van der Waals surface area contributed by atoms with Crippen molar-refractivity contribution in [3.63, 3.8) is 0 Å². The predicted molar refractivity (Wildman–Crippen MR) is 88.2 cm³/mol. The van der Waals surface area contributed by atoms with Crippen molar-refractivity contribution in [2.45, 2.75) is 19.3 Å². The molecule has 0 saturated carbocycles. The summed E-state index contributed by atoms with van der Waals surface area (Å²) in [6.45, 7) is 10.7. The van der Waals surface area contributed by atoms with Gasteiger partial charge < -0.3 is 14.9 Å². The van der Waals surface area contributed by atoms with Gasteiger partial charge in [0.15, 0.2) is 5.95 Å². The molecule has 1 N–H and O–H groups in total. The number of aromatic carboxylic acids is 1. The van der Waals surface area contributed by atoms with Crippen molar-refractivity contribution in [2.24, 2.45) is 0 Å². The Labute approximate surface area is 163 Å². The minimum Gasteiger partial charge on any atom is -0.477 e. The van der Waals surface area contributed by atoms with Gasteiger partial charge >= 0.3 is 5.97 Å². The molecule has 3 heterocycles. The maximum absolute atomic E-state index is 11.2. The van der Waals surface area contributed by atoms with Crippen molar-refractivity contribution in [3.8, 4) is 11.5 Å². The zero-order valence-electron chi connectivity index (χ0n) is 13.8. The number of carboxylic acids is 1. The number of carboxylic acid groups (broad SMARTS) is 1. The Morgan fingerprint density at radius 3 is 2.38 bits per heavy atom. The first-order chi connectivity index (χ1) is 11.9. The predicted octanol–water partition coefficient (Wildman–Crippen LogP) is 2.46. The smallest absolute Gasteiger partial charge is 0.354 e. The molecule has 9 heteroatoms. The SMILES string of the molecule is [C-]#[N+]c1n[n-]c(-c2cccc(C(C)(C)c3cccc(C(=O)O)n3)n2)n1.[Pt]. The van der Waals surface area contributed by atoms with E-state index < -0.39 is 11.4 Å². The van der Waals surface area contributed by atoms with Crippen LogP contribution in [0.1, 0.15) is 35.7 Å². The normalized spacial score (nSPS) is 10.7. The maximum atomic E-state index is 11.2. The van der Waals surface area contributed by atoms with E-state index in [0.717, 1.165) is 0 Å². The molecule has 26 heavy (non-hydrogen) atoms. The average molecular weight is 528 g/mol. The van der Waals surface area contributed by atoms with Crippen LogP contribution in [0.3, 0.4) is 0 Å². The minimum absolute atomic E-state index is 0. The summed E-state index contributed by atoms with van der Waals surface area (Å²) in [7, 11) is 0. The van der Waals surface area contributed by atoms with Gasteiger partial charge in [-0.15, -0.1) is 6.57 Å². The molecule has 0 spiro atoms. The van der Waals surface area contributed by atoms with Crippen LogP contribution in [0.15, 0.2) is 36.4 Å². The molecule has 3 rings (SSSR count). The number of pyridine rings is 2. The van der Waals surface area contributed by atoms with Gasteiger partial charge in [0, 0.05) is 26.5 Å². The minimum atomic E-state index is -1.08. The number of aromatic nitrogens is 5. The van der Waals surface area contributed by atoms with E-state index in [4.69, 9.17) is 11.7 Å². The van der Waals surface area contributed by atoms with Gasteiger partial charge in [0.1, 0.15) is 5.69 Å². The van der Waals surface area contributed by atoms with E-state index in [1.807, 2.05) is 19.9 Å². The number of nitrogens with zero attached hydrogens (tertiary/aromatic N) is 6. The van der Waals surface area contributed by atoms with Crippen LogP contribution in [0.2, 0.25) is 0 Å². The standard InChI is InChI=1S/C17H14N6O2.Pt/c1-17(2,13-9-5-7-11(20-13)15(24)25)12-8-4-6-10(19-12)14-21-16(18-3)23-22-14;/h4-9H,1-2H3,(H2,19,21,22,23,24,25);/p-1. The van der Waals surface area contributed by atoms with Gasteiger partial charge in [0.2, 0.25) is 0 Å². The molecule has 0 aliphatic carbocycles. The fraction of sp³-hybridized carbons (Fsp3) is 0.176. The van der Waals surface area contributed by atoms with Crippen LogP contribution < -0.4 is 5.10 Å². The monoisotopic (exact) mass is 528 g/mol. The van der Waals surface area contributed by atoms with E-state index in [9.17, 15) is 4.79 Å². The number of carbonyl (C=O) groups is 1. The summed E-state index contributed by atoms with van der Waals surface area (Å²) in [5.41, 5.74) is 1.09. The van der Waals surface area contributed by atoms with Gasteiger partial charge in [-0.2, -0.15) is 5.10 Å². The first-order valence-electron chi connectivity index (χ1n) is 7.35. The second-order valence-electron chi connectivity index (χ2n) is 5.79. The third-order valence-corrected chi connectivity index (χ3v) is 3.77. The summed E-state index contributed by atoms with van der Waals surface area (Å²) in [5, 5.41) is 16.7. The van der Waals surface area contributed by atoms with Crippen LogP contribution in [0, 0.1) is 6.57 Å². The first-order valence-corrected chi connectivity index (χ1v) is 7.35. The second-order valence-corrected chi connectivity index (χ2v) is 5.79. The van der Waals surface area contributed by atoms with Crippen LogP contribution in [0.4, 0.5) is 5.95 Å². The average Bonchev–Trinajstić information content (AvgIpc) is 3.11. The van der Waals surface area contributed by atoms with E-state index in [-0.39, 0.29) is 38.5 Å². The fourth-order valence-corrected chi connectivity index (χ4v) is 2.33. The molecule has 0 radical (unpaired) electrons. The summed E-state index contributed by atoms with van der Waals surface area (Å²) >= 11 is 0. The summed E-state index contributed by atoms with van der Waals surface area (Å²) in [4.78, 5) is 27.1. The topological polar surface area (TPSA) is 107 Å². The largest absolute Gasteiger partial charge is 0.477 e. The van der Waals surface area contributed by atoms with Gasteiger partial charge in [-0.25, -0.2) is 9.78 Å². The van der Waals surface area contributed by atoms with Crippen molar-refractivity contribution < 1.29 is 31.0 Å². The van der Waals surface area contributed by atoms with Crippen molar-refractivity contribution in [1.29, 1.82) is 0 Å². The molecule has 0 amide bonds. The summed E-state index contributed by atoms with van der Waals surface area (Å²) in [5.74, 6) is -0.838. The van der Waals surface area contributed by atoms with E-state index in [1.165, 1.54) is 6.07 Å². The number of hydrogen-bond acceptors (Lipinski definition) is 5. The van der Waals surface area contributed by atoms with Gasteiger partial charge in [0.05, 0.1) is 17.1 Å². The molecule has 3 aromatic rings. The van der Waals surface area contributed by atoms with Crippen molar-refractivity contribution >= 4 is 11.9 Å².